The summed E-state index contributed by atoms with van der Waals surface area (Å²) in [5.74, 6) is 6.11. The van der Waals surface area contributed by atoms with E-state index in [-0.39, 0.29) is 11.2 Å². The third kappa shape index (κ3) is 3.22. The molecule has 0 fully saturated rings. The van der Waals surface area contributed by atoms with Crippen LogP contribution in [0, 0.1) is 11.8 Å². The van der Waals surface area contributed by atoms with Crippen LogP contribution in [0.15, 0.2) is 50.7 Å². The molecule has 0 aliphatic carbocycles. The third-order valence-electron chi connectivity index (χ3n) is 4.18. The van der Waals surface area contributed by atoms with E-state index in [0.29, 0.717) is 11.3 Å². The minimum Gasteiger partial charge on any atom is -0.378 e. The Bertz CT molecular complexity index is 1110. The highest BCUT2D eigenvalue weighted by atomic mass is 32.1. The van der Waals surface area contributed by atoms with Crippen molar-refractivity contribution in [3.05, 3.63) is 73.2 Å². The van der Waals surface area contributed by atoms with Crippen LogP contribution in [0.5, 0.6) is 0 Å². The van der Waals surface area contributed by atoms with Crippen LogP contribution >= 0.6 is 11.3 Å². The molecule has 3 aromatic rings. The Kier molecular flexibility index (Phi) is 4.83. The molecule has 5 nitrogen and oxygen atoms in total. The molecule has 0 N–H and O–H groups in total. The number of rotatable bonds is 2. The predicted molar refractivity (Wildman–Crippen MR) is 107 cm³/mol. The Hall–Kier alpha value is -3.04. The highest BCUT2D eigenvalue weighted by Gasteiger charge is 2.16. The van der Waals surface area contributed by atoms with Gasteiger partial charge < -0.3 is 4.90 Å². The molecular weight excluding hydrogens is 346 g/mol. The van der Waals surface area contributed by atoms with Gasteiger partial charge in [0.05, 0.1) is 5.56 Å². The largest absolute Gasteiger partial charge is 0.378 e. The van der Waals surface area contributed by atoms with Crippen LogP contribution < -0.4 is 16.1 Å². The van der Waals surface area contributed by atoms with Gasteiger partial charge >= 0.3 is 5.69 Å². The van der Waals surface area contributed by atoms with Crippen LogP contribution in [-0.4, -0.2) is 23.2 Å². The number of aromatic nitrogens is 2. The van der Waals surface area contributed by atoms with Gasteiger partial charge in [-0.1, -0.05) is 5.92 Å². The molecule has 26 heavy (non-hydrogen) atoms. The molecule has 0 aliphatic rings. The lowest BCUT2D eigenvalue weighted by Crippen LogP contribution is -2.39. The van der Waals surface area contributed by atoms with Gasteiger partial charge in [-0.25, -0.2) is 4.79 Å². The van der Waals surface area contributed by atoms with Crippen molar-refractivity contribution in [2.75, 3.05) is 19.0 Å². The van der Waals surface area contributed by atoms with Crippen molar-refractivity contribution >= 4 is 17.0 Å². The summed E-state index contributed by atoms with van der Waals surface area (Å²) in [6, 6.07) is 9.67. The Morgan fingerprint density at radius 2 is 1.65 bits per heavy atom. The average molecular weight is 365 g/mol. The van der Waals surface area contributed by atoms with Crippen molar-refractivity contribution in [3.8, 4) is 23.0 Å². The topological polar surface area (TPSA) is 47.2 Å². The summed E-state index contributed by atoms with van der Waals surface area (Å²) in [7, 11) is 7.07. The molecule has 0 saturated heterocycles. The van der Waals surface area contributed by atoms with E-state index in [1.165, 1.54) is 23.0 Å². The number of benzene rings is 1. The summed E-state index contributed by atoms with van der Waals surface area (Å²) in [6.07, 6.45) is 0. The fraction of sp³-hybridized carbons (Fsp3) is 0.200. The highest BCUT2D eigenvalue weighted by molar-refractivity contribution is 7.08. The Labute approximate surface area is 155 Å². The molecule has 0 aliphatic heterocycles. The molecule has 2 heterocycles. The van der Waals surface area contributed by atoms with Gasteiger partial charge in [0.2, 0.25) is 0 Å². The van der Waals surface area contributed by atoms with Gasteiger partial charge in [0.1, 0.15) is 5.69 Å². The molecule has 0 saturated carbocycles. The first-order valence-electron chi connectivity index (χ1n) is 8.02. The Morgan fingerprint density at radius 1 is 0.962 bits per heavy atom. The van der Waals surface area contributed by atoms with Crippen LogP contribution in [-0.2, 0) is 14.1 Å². The van der Waals surface area contributed by atoms with Crippen molar-refractivity contribution < 1.29 is 0 Å². The van der Waals surface area contributed by atoms with Crippen LogP contribution in [0.4, 0.5) is 5.69 Å². The Balaban J connectivity index is 2.17. The molecule has 132 valence electrons. The van der Waals surface area contributed by atoms with Gasteiger partial charge in [-0.3, -0.25) is 13.9 Å². The molecular formula is C20H19N3O2S. The predicted octanol–water partition coefficient (Wildman–Crippen LogP) is 2.28. The zero-order valence-corrected chi connectivity index (χ0v) is 15.9. The van der Waals surface area contributed by atoms with E-state index in [0.717, 1.165) is 21.4 Å². The molecule has 0 radical (unpaired) electrons. The number of hydrogen-bond donors (Lipinski definition) is 0. The summed E-state index contributed by atoms with van der Waals surface area (Å²) in [4.78, 5) is 27.0. The van der Waals surface area contributed by atoms with Gasteiger partial charge in [-0.2, -0.15) is 11.3 Å². The smallest absolute Gasteiger partial charge is 0.331 e. The van der Waals surface area contributed by atoms with Crippen LogP contribution in [0.1, 0.15) is 11.3 Å². The van der Waals surface area contributed by atoms with E-state index in [1.54, 1.807) is 7.05 Å². The molecule has 0 unspecified atom stereocenters. The lowest BCUT2D eigenvalue weighted by molar-refractivity contribution is 0.682. The zero-order valence-electron chi connectivity index (χ0n) is 15.1. The van der Waals surface area contributed by atoms with Crippen LogP contribution in [0.2, 0.25) is 0 Å². The maximum atomic E-state index is 12.7. The third-order valence-corrected chi connectivity index (χ3v) is 4.87. The second kappa shape index (κ2) is 7.06. The lowest BCUT2D eigenvalue weighted by atomic mass is 10.1. The van der Waals surface area contributed by atoms with Crippen molar-refractivity contribution in [1.29, 1.82) is 0 Å². The number of hydrogen-bond acceptors (Lipinski definition) is 4. The minimum atomic E-state index is -0.388. The second-order valence-electron chi connectivity index (χ2n) is 6.13. The molecule has 3 rings (SSSR count). The van der Waals surface area contributed by atoms with Crippen LogP contribution in [0.3, 0.4) is 0 Å². The van der Waals surface area contributed by atoms with Crippen molar-refractivity contribution in [2.45, 2.75) is 0 Å². The first-order valence-corrected chi connectivity index (χ1v) is 8.96. The summed E-state index contributed by atoms with van der Waals surface area (Å²) in [5, 5.41) is 3.79. The van der Waals surface area contributed by atoms with Crippen LogP contribution in [0.25, 0.3) is 11.1 Å². The van der Waals surface area contributed by atoms with E-state index in [9.17, 15) is 9.59 Å². The SMILES string of the molecule is CN(C)c1ccc(C#Cc2c(-c3ccsc3)c(=O)n(C)c(=O)n2C)cc1. The van der Waals surface area contributed by atoms with Gasteiger partial charge in [-0.15, -0.1) is 0 Å². The normalized spacial score (nSPS) is 10.3. The molecule has 6 heteroatoms. The summed E-state index contributed by atoms with van der Waals surface area (Å²) < 4.78 is 2.54. The van der Waals surface area contributed by atoms with E-state index >= 15 is 0 Å². The number of thiophene rings is 1. The second-order valence-corrected chi connectivity index (χ2v) is 6.91. The molecule has 1 aromatic carbocycles. The molecule has 0 spiro atoms. The fourth-order valence-electron chi connectivity index (χ4n) is 2.63. The minimum absolute atomic E-state index is 0.334. The average Bonchev–Trinajstić information content (AvgIpc) is 3.16. The monoisotopic (exact) mass is 365 g/mol. The maximum Gasteiger partial charge on any atom is 0.331 e. The first-order chi connectivity index (χ1) is 12.4. The highest BCUT2D eigenvalue weighted by Crippen LogP contribution is 2.21. The standard InChI is InChI=1S/C20H19N3O2S/c1-21(2)16-8-5-14(6-9-16)7-10-17-18(15-11-12-26-13-15)19(24)23(4)20(25)22(17)3/h5-6,8-9,11-13H,1-4H3. The summed E-state index contributed by atoms with van der Waals surface area (Å²) in [5.41, 5.74) is 2.83. The van der Waals surface area contributed by atoms with Crippen molar-refractivity contribution in [1.82, 2.24) is 9.13 Å². The van der Waals surface area contributed by atoms with E-state index in [4.69, 9.17) is 0 Å². The first kappa shape index (κ1) is 17.8. The fourth-order valence-corrected chi connectivity index (χ4v) is 3.28. The van der Waals surface area contributed by atoms with Gasteiger partial charge in [-0.05, 0) is 47.0 Å². The maximum absolute atomic E-state index is 12.7. The van der Waals surface area contributed by atoms with Gasteiger partial charge in [0.15, 0.2) is 0 Å². The summed E-state index contributed by atoms with van der Waals surface area (Å²) >= 11 is 1.50. The van der Waals surface area contributed by atoms with Gasteiger partial charge in [0.25, 0.3) is 5.56 Å². The lowest BCUT2D eigenvalue weighted by Gasteiger charge is -2.11. The summed E-state index contributed by atoms with van der Waals surface area (Å²) in [6.45, 7) is 0. The molecule has 0 bridgehead atoms. The van der Waals surface area contributed by atoms with E-state index < -0.39 is 0 Å². The number of nitrogens with zero attached hydrogens (tertiary/aromatic N) is 3. The van der Waals surface area contributed by atoms with E-state index in [2.05, 4.69) is 11.8 Å². The van der Waals surface area contributed by atoms with Crippen molar-refractivity contribution in [3.63, 3.8) is 0 Å². The van der Waals surface area contributed by atoms with Gasteiger partial charge in [0, 0.05) is 45.0 Å². The quantitative estimate of drug-likeness (QED) is 0.655. The Morgan fingerprint density at radius 3 is 2.23 bits per heavy atom. The van der Waals surface area contributed by atoms with Crippen molar-refractivity contribution in [2.24, 2.45) is 14.1 Å². The molecule has 2 aromatic heterocycles. The van der Waals surface area contributed by atoms with E-state index in [1.807, 2.05) is 60.1 Å². The zero-order chi connectivity index (χ0) is 18.8. The molecule has 0 amide bonds. The number of anilines is 1. The molecule has 0 atom stereocenters.